The molecule has 41 heavy (non-hydrogen) atoms. The lowest BCUT2D eigenvalue weighted by Gasteiger charge is -2.45. The average molecular weight is 571 g/mol. The van der Waals surface area contributed by atoms with E-state index in [2.05, 4.69) is 25.2 Å². The summed E-state index contributed by atoms with van der Waals surface area (Å²) in [6.07, 6.45) is 0.0292. The SMILES string of the molecule is CC1(C)OC[C@H](COc2ccc(NC(=O)N3c4nc(-c5cccc(C(F)(F)F)c5)ncc4N4CCCC3C4)nc2)O1. The first-order valence-electron chi connectivity index (χ1n) is 13.4. The van der Waals surface area contributed by atoms with Crippen molar-refractivity contribution in [1.82, 2.24) is 15.0 Å². The van der Waals surface area contributed by atoms with Crippen molar-refractivity contribution in [2.75, 3.05) is 41.4 Å². The van der Waals surface area contributed by atoms with Gasteiger partial charge in [-0.25, -0.2) is 19.7 Å². The average Bonchev–Trinajstić information content (AvgIpc) is 3.30. The predicted octanol–water partition coefficient (Wildman–Crippen LogP) is 5.11. The molecule has 1 N–H and O–H groups in total. The molecule has 1 unspecified atom stereocenters. The Bertz CT molecular complexity index is 1440. The van der Waals surface area contributed by atoms with Crippen LogP contribution in [0.3, 0.4) is 0 Å². The number of urea groups is 1. The molecule has 2 fully saturated rings. The van der Waals surface area contributed by atoms with Gasteiger partial charge in [-0.3, -0.25) is 10.2 Å². The Balaban J connectivity index is 1.21. The van der Waals surface area contributed by atoms with E-state index < -0.39 is 23.6 Å². The molecular weight excluding hydrogens is 541 g/mol. The number of aromatic nitrogens is 3. The smallest absolute Gasteiger partial charge is 0.416 e. The van der Waals surface area contributed by atoms with Gasteiger partial charge in [-0.15, -0.1) is 0 Å². The molecule has 10 nitrogen and oxygen atoms in total. The highest BCUT2D eigenvalue weighted by Crippen LogP contribution is 2.39. The van der Waals surface area contributed by atoms with Crippen molar-refractivity contribution in [3.8, 4) is 17.1 Å². The van der Waals surface area contributed by atoms with Crippen LogP contribution < -0.4 is 19.9 Å². The van der Waals surface area contributed by atoms with Gasteiger partial charge in [0, 0.05) is 18.7 Å². The van der Waals surface area contributed by atoms with Crippen molar-refractivity contribution in [3.63, 3.8) is 0 Å². The standard InChI is InChI=1S/C28H29F3N6O4/c1-27(2)40-16-21(41-27)15-39-20-8-9-23(32-12-20)34-26(38)37-19-7-4-10-36(14-19)22-13-33-24(35-25(22)37)17-5-3-6-18(11-17)28(29,30)31/h3,5-6,8-9,11-13,19,21H,4,7,10,14-16H2,1-2H3,(H,32,34,38)/t19?,21-/m0/s1. The predicted molar refractivity (Wildman–Crippen MR) is 144 cm³/mol. The fourth-order valence-electron chi connectivity index (χ4n) is 5.30. The molecule has 3 aliphatic heterocycles. The van der Waals surface area contributed by atoms with Crippen LogP contribution in [0.5, 0.6) is 5.75 Å². The summed E-state index contributed by atoms with van der Waals surface area (Å²) in [7, 11) is 0. The molecule has 3 aliphatic rings. The number of nitrogens with zero attached hydrogens (tertiary/aromatic N) is 5. The molecule has 216 valence electrons. The molecule has 2 saturated heterocycles. The van der Waals surface area contributed by atoms with E-state index in [1.54, 1.807) is 23.2 Å². The van der Waals surface area contributed by atoms with Gasteiger partial charge in [0.25, 0.3) is 0 Å². The fraction of sp³-hybridized carbons (Fsp3) is 0.429. The fourth-order valence-corrected chi connectivity index (χ4v) is 5.30. The van der Waals surface area contributed by atoms with Crippen molar-refractivity contribution < 1.29 is 32.2 Å². The van der Waals surface area contributed by atoms with Crippen LogP contribution in [-0.4, -0.2) is 65.2 Å². The number of pyridine rings is 1. The van der Waals surface area contributed by atoms with Gasteiger partial charge in [0.1, 0.15) is 24.3 Å². The monoisotopic (exact) mass is 570 g/mol. The Morgan fingerprint density at radius 2 is 2.05 bits per heavy atom. The van der Waals surface area contributed by atoms with Crippen LogP contribution in [-0.2, 0) is 15.7 Å². The summed E-state index contributed by atoms with van der Waals surface area (Å²) >= 11 is 0. The van der Waals surface area contributed by atoms with E-state index in [0.717, 1.165) is 31.5 Å². The van der Waals surface area contributed by atoms with E-state index in [1.807, 2.05) is 13.8 Å². The zero-order valence-electron chi connectivity index (χ0n) is 22.5. The molecule has 2 aromatic heterocycles. The maximum absolute atomic E-state index is 13.6. The summed E-state index contributed by atoms with van der Waals surface area (Å²) in [6, 6.07) is 7.57. The van der Waals surface area contributed by atoms with Crippen LogP contribution in [0.4, 0.5) is 35.3 Å². The molecule has 0 radical (unpaired) electrons. The topological polar surface area (TPSA) is 102 Å². The van der Waals surface area contributed by atoms with Gasteiger partial charge >= 0.3 is 12.2 Å². The number of ether oxygens (including phenoxy) is 3. The van der Waals surface area contributed by atoms with Crippen molar-refractivity contribution in [2.45, 2.75) is 50.8 Å². The molecule has 2 amide bonds. The largest absolute Gasteiger partial charge is 0.489 e. The third-order valence-corrected chi connectivity index (χ3v) is 7.22. The van der Waals surface area contributed by atoms with Gasteiger partial charge < -0.3 is 19.1 Å². The first-order valence-corrected chi connectivity index (χ1v) is 13.4. The van der Waals surface area contributed by atoms with Gasteiger partial charge in [-0.1, -0.05) is 12.1 Å². The Hall–Kier alpha value is -3.97. The number of amides is 2. The summed E-state index contributed by atoms with van der Waals surface area (Å²) in [5.74, 6) is 0.648. The Labute approximate surface area is 234 Å². The number of piperidine rings is 1. The van der Waals surface area contributed by atoms with Crippen molar-refractivity contribution in [2.24, 2.45) is 0 Å². The van der Waals surface area contributed by atoms with Crippen molar-refractivity contribution in [3.05, 3.63) is 54.4 Å². The van der Waals surface area contributed by atoms with Gasteiger partial charge in [-0.05, 0) is 51.0 Å². The van der Waals surface area contributed by atoms with E-state index >= 15 is 0 Å². The summed E-state index contributed by atoms with van der Waals surface area (Å²) in [5, 5.41) is 2.83. The molecule has 1 aromatic carbocycles. The number of anilines is 3. The molecule has 0 aliphatic carbocycles. The first kappa shape index (κ1) is 27.2. The molecule has 0 saturated carbocycles. The normalized spacial score (nSPS) is 21.4. The molecule has 13 heteroatoms. The van der Waals surface area contributed by atoms with E-state index in [9.17, 15) is 18.0 Å². The molecule has 6 rings (SSSR count). The lowest BCUT2D eigenvalue weighted by atomic mass is 10.0. The molecular formula is C28H29F3N6O4. The minimum Gasteiger partial charge on any atom is -0.489 e. The van der Waals surface area contributed by atoms with E-state index in [4.69, 9.17) is 14.2 Å². The Morgan fingerprint density at radius 3 is 2.78 bits per heavy atom. The Morgan fingerprint density at radius 1 is 1.20 bits per heavy atom. The number of hydrogen-bond acceptors (Lipinski definition) is 8. The van der Waals surface area contributed by atoms with Gasteiger partial charge in [-0.2, -0.15) is 13.2 Å². The van der Waals surface area contributed by atoms with Crippen molar-refractivity contribution in [1.29, 1.82) is 0 Å². The van der Waals surface area contributed by atoms with Crippen LogP contribution in [0, 0.1) is 0 Å². The third-order valence-electron chi connectivity index (χ3n) is 7.22. The number of carbonyl (C=O) groups is 1. The summed E-state index contributed by atoms with van der Waals surface area (Å²) in [5.41, 5.74) is 0.0758. The highest BCUT2D eigenvalue weighted by Gasteiger charge is 2.39. The van der Waals surface area contributed by atoms with Gasteiger partial charge in [0.15, 0.2) is 17.4 Å². The minimum absolute atomic E-state index is 0.105. The highest BCUT2D eigenvalue weighted by atomic mass is 19.4. The maximum Gasteiger partial charge on any atom is 0.416 e. The molecule has 5 heterocycles. The number of benzene rings is 1. The molecule has 0 spiro atoms. The van der Waals surface area contributed by atoms with Crippen LogP contribution in [0.15, 0.2) is 48.8 Å². The second-order valence-corrected chi connectivity index (χ2v) is 10.7. The third kappa shape index (κ3) is 5.77. The number of halogens is 3. The summed E-state index contributed by atoms with van der Waals surface area (Å²) in [6.45, 7) is 5.81. The summed E-state index contributed by atoms with van der Waals surface area (Å²) < 4.78 is 57.0. The number of alkyl halides is 3. The number of nitrogens with one attached hydrogen (secondary N) is 1. The van der Waals surface area contributed by atoms with Gasteiger partial charge in [0.05, 0.1) is 36.3 Å². The number of fused-ring (bicyclic) bond motifs is 4. The number of hydrogen-bond donors (Lipinski definition) is 1. The van der Waals surface area contributed by atoms with Crippen molar-refractivity contribution >= 4 is 23.4 Å². The van der Waals surface area contributed by atoms with Crippen LogP contribution >= 0.6 is 0 Å². The molecule has 3 aromatic rings. The first-order chi connectivity index (χ1) is 19.6. The number of carbonyl (C=O) groups excluding carboxylic acids is 1. The van der Waals surface area contributed by atoms with E-state index in [1.165, 1.54) is 18.3 Å². The second-order valence-electron chi connectivity index (χ2n) is 10.7. The lowest BCUT2D eigenvalue weighted by molar-refractivity contribution is -0.141. The van der Waals surface area contributed by atoms with E-state index in [0.29, 0.717) is 42.8 Å². The quantitative estimate of drug-likeness (QED) is 0.452. The number of rotatable bonds is 5. The highest BCUT2D eigenvalue weighted by molar-refractivity contribution is 6.04. The van der Waals surface area contributed by atoms with Crippen LogP contribution in [0.2, 0.25) is 0 Å². The zero-order valence-corrected chi connectivity index (χ0v) is 22.5. The minimum atomic E-state index is -4.50. The molecule has 2 bridgehead atoms. The second kappa shape index (κ2) is 10.5. The summed E-state index contributed by atoms with van der Waals surface area (Å²) in [4.78, 5) is 30.5. The maximum atomic E-state index is 13.6. The van der Waals surface area contributed by atoms with E-state index in [-0.39, 0.29) is 23.5 Å². The van der Waals surface area contributed by atoms with Crippen LogP contribution in [0.1, 0.15) is 32.3 Å². The Kier molecular flexibility index (Phi) is 6.94. The lowest BCUT2D eigenvalue weighted by Crippen LogP contribution is -2.56. The molecule has 2 atom stereocenters. The van der Waals surface area contributed by atoms with Crippen LogP contribution in [0.25, 0.3) is 11.4 Å². The zero-order chi connectivity index (χ0) is 28.8. The van der Waals surface area contributed by atoms with Gasteiger partial charge in [0.2, 0.25) is 0 Å².